The minimum Gasteiger partial charge on any atom is -0.376 e. The molecule has 3 rings (SSSR count). The van der Waals surface area contributed by atoms with Gasteiger partial charge in [0.15, 0.2) is 0 Å². The Balaban J connectivity index is 1.50. The van der Waals surface area contributed by atoms with Crippen LogP contribution in [0.2, 0.25) is 0 Å². The molecule has 1 aliphatic heterocycles. The summed E-state index contributed by atoms with van der Waals surface area (Å²) >= 11 is 3.41. The van der Waals surface area contributed by atoms with Crippen LogP contribution in [0.1, 0.15) is 28.8 Å². The number of carbonyl (C=O) groups is 1. The summed E-state index contributed by atoms with van der Waals surface area (Å²) in [6.45, 7) is 2.96. The molecule has 0 spiro atoms. The monoisotopic (exact) mass is 387 g/mol. The normalized spacial score (nSPS) is 17.7. The Morgan fingerprint density at radius 1 is 1.12 bits per heavy atom. The van der Waals surface area contributed by atoms with Gasteiger partial charge in [-0.05, 0) is 48.6 Å². The molecule has 2 aromatic rings. The molecule has 1 unspecified atom stereocenters. The van der Waals surface area contributed by atoms with Gasteiger partial charge in [-0.25, -0.2) is 0 Å². The van der Waals surface area contributed by atoms with Gasteiger partial charge >= 0.3 is 0 Å². The van der Waals surface area contributed by atoms with E-state index < -0.39 is 0 Å². The molecule has 1 fully saturated rings. The fraction of sp³-hybridized carbons (Fsp3) is 0.350. The molecule has 1 amide bonds. The molecule has 24 heavy (non-hydrogen) atoms. The third-order valence-corrected chi connectivity index (χ3v) is 4.89. The van der Waals surface area contributed by atoms with Crippen molar-refractivity contribution in [1.29, 1.82) is 0 Å². The van der Waals surface area contributed by atoms with Crippen molar-refractivity contribution in [1.82, 2.24) is 4.90 Å². The Labute approximate surface area is 151 Å². The highest BCUT2D eigenvalue weighted by molar-refractivity contribution is 9.10. The second-order valence-corrected chi connectivity index (χ2v) is 7.18. The van der Waals surface area contributed by atoms with Crippen LogP contribution in [0.4, 0.5) is 0 Å². The van der Waals surface area contributed by atoms with Crippen LogP contribution in [0.15, 0.2) is 59.1 Å². The van der Waals surface area contributed by atoms with Gasteiger partial charge in [0.05, 0.1) is 13.2 Å². The van der Waals surface area contributed by atoms with Crippen molar-refractivity contribution in [2.75, 3.05) is 19.7 Å². The number of carbonyl (C=O) groups excluding carboxylic acids is 1. The van der Waals surface area contributed by atoms with Crippen LogP contribution < -0.4 is 0 Å². The number of benzene rings is 2. The molecular formula is C20H22BrNO2. The fourth-order valence-electron chi connectivity index (χ4n) is 3.08. The molecule has 0 aliphatic carbocycles. The van der Waals surface area contributed by atoms with Gasteiger partial charge in [-0.3, -0.25) is 4.79 Å². The first-order valence-corrected chi connectivity index (χ1v) is 9.18. The summed E-state index contributed by atoms with van der Waals surface area (Å²) in [5.41, 5.74) is 1.94. The fourth-order valence-corrected chi connectivity index (χ4v) is 3.34. The molecule has 1 heterocycles. The predicted molar refractivity (Wildman–Crippen MR) is 98.9 cm³/mol. The van der Waals surface area contributed by atoms with E-state index in [1.165, 1.54) is 5.56 Å². The third-order valence-electron chi connectivity index (χ3n) is 4.36. The van der Waals surface area contributed by atoms with Gasteiger partial charge in [0, 0.05) is 23.1 Å². The standard InChI is InChI=1S/C20H22BrNO2/c21-19-10-8-18(9-11-19)20(23)22-12-4-7-17(13-22)15-24-14-16-5-2-1-3-6-16/h1-3,5-6,8-11,17H,4,7,12-15H2. The van der Waals surface area contributed by atoms with E-state index in [1.54, 1.807) is 0 Å². The molecule has 2 aromatic carbocycles. The second kappa shape index (κ2) is 8.45. The number of nitrogens with zero attached hydrogens (tertiary/aromatic N) is 1. The van der Waals surface area contributed by atoms with Crippen molar-refractivity contribution in [2.45, 2.75) is 19.4 Å². The first-order valence-electron chi connectivity index (χ1n) is 8.39. The number of rotatable bonds is 5. The van der Waals surface area contributed by atoms with Crippen LogP contribution in [-0.2, 0) is 11.3 Å². The first-order chi connectivity index (χ1) is 11.7. The largest absolute Gasteiger partial charge is 0.376 e. The minimum absolute atomic E-state index is 0.121. The van der Waals surface area contributed by atoms with E-state index in [0.29, 0.717) is 19.1 Å². The van der Waals surface area contributed by atoms with Crippen molar-refractivity contribution in [2.24, 2.45) is 5.92 Å². The second-order valence-electron chi connectivity index (χ2n) is 6.27. The first kappa shape index (κ1) is 17.2. The van der Waals surface area contributed by atoms with E-state index in [1.807, 2.05) is 47.4 Å². The van der Waals surface area contributed by atoms with Crippen LogP contribution >= 0.6 is 15.9 Å². The predicted octanol–water partition coefficient (Wildman–Crippen LogP) is 4.52. The van der Waals surface area contributed by atoms with Gasteiger partial charge in [0.2, 0.25) is 0 Å². The molecule has 0 aromatic heterocycles. The summed E-state index contributed by atoms with van der Waals surface area (Å²) in [6.07, 6.45) is 2.17. The summed E-state index contributed by atoms with van der Waals surface area (Å²) in [5, 5.41) is 0. The molecule has 0 saturated carbocycles. The van der Waals surface area contributed by atoms with Crippen molar-refractivity contribution in [3.05, 3.63) is 70.2 Å². The maximum atomic E-state index is 12.6. The minimum atomic E-state index is 0.121. The Morgan fingerprint density at radius 3 is 2.62 bits per heavy atom. The zero-order chi connectivity index (χ0) is 16.8. The summed E-state index contributed by atoms with van der Waals surface area (Å²) in [7, 11) is 0. The third kappa shape index (κ3) is 4.68. The number of hydrogen-bond acceptors (Lipinski definition) is 2. The number of hydrogen-bond donors (Lipinski definition) is 0. The average Bonchev–Trinajstić information content (AvgIpc) is 2.63. The number of halogens is 1. The lowest BCUT2D eigenvalue weighted by atomic mass is 9.98. The number of amides is 1. The molecule has 0 bridgehead atoms. The summed E-state index contributed by atoms with van der Waals surface area (Å²) in [6, 6.07) is 17.8. The van der Waals surface area contributed by atoms with E-state index in [-0.39, 0.29) is 5.91 Å². The van der Waals surface area contributed by atoms with Crippen molar-refractivity contribution in [3.63, 3.8) is 0 Å². The molecule has 1 saturated heterocycles. The summed E-state index contributed by atoms with van der Waals surface area (Å²) in [4.78, 5) is 14.6. The van der Waals surface area contributed by atoms with Gasteiger partial charge in [-0.1, -0.05) is 46.3 Å². The molecule has 1 atom stereocenters. The lowest BCUT2D eigenvalue weighted by molar-refractivity contribution is 0.0425. The SMILES string of the molecule is O=C(c1ccc(Br)cc1)N1CCCC(COCc2ccccc2)C1. The maximum Gasteiger partial charge on any atom is 0.253 e. The zero-order valence-corrected chi connectivity index (χ0v) is 15.2. The van der Waals surface area contributed by atoms with E-state index in [2.05, 4.69) is 28.1 Å². The van der Waals surface area contributed by atoms with E-state index in [0.717, 1.165) is 36.0 Å². The zero-order valence-electron chi connectivity index (χ0n) is 13.7. The highest BCUT2D eigenvalue weighted by atomic mass is 79.9. The van der Waals surface area contributed by atoms with Crippen molar-refractivity contribution < 1.29 is 9.53 Å². The van der Waals surface area contributed by atoms with Crippen molar-refractivity contribution >= 4 is 21.8 Å². The highest BCUT2D eigenvalue weighted by Crippen LogP contribution is 2.20. The maximum absolute atomic E-state index is 12.6. The van der Waals surface area contributed by atoms with Gasteiger partial charge in [-0.15, -0.1) is 0 Å². The summed E-state index contributed by atoms with van der Waals surface area (Å²) in [5.74, 6) is 0.539. The van der Waals surface area contributed by atoms with E-state index in [4.69, 9.17) is 4.74 Å². The summed E-state index contributed by atoms with van der Waals surface area (Å²) < 4.78 is 6.86. The Bertz CT molecular complexity index is 657. The Hall–Kier alpha value is -1.65. The van der Waals surface area contributed by atoms with Crippen LogP contribution in [-0.4, -0.2) is 30.5 Å². The van der Waals surface area contributed by atoms with Gasteiger partial charge < -0.3 is 9.64 Å². The van der Waals surface area contributed by atoms with Crippen LogP contribution in [0.5, 0.6) is 0 Å². The van der Waals surface area contributed by atoms with Crippen LogP contribution in [0.3, 0.4) is 0 Å². The van der Waals surface area contributed by atoms with E-state index >= 15 is 0 Å². The molecule has 0 radical (unpaired) electrons. The highest BCUT2D eigenvalue weighted by Gasteiger charge is 2.24. The molecule has 1 aliphatic rings. The molecule has 0 N–H and O–H groups in total. The van der Waals surface area contributed by atoms with Gasteiger partial charge in [0.25, 0.3) is 5.91 Å². The smallest absolute Gasteiger partial charge is 0.253 e. The quantitative estimate of drug-likeness (QED) is 0.754. The molecular weight excluding hydrogens is 366 g/mol. The lowest BCUT2D eigenvalue weighted by Crippen LogP contribution is -2.41. The molecule has 126 valence electrons. The number of piperidine rings is 1. The lowest BCUT2D eigenvalue weighted by Gasteiger charge is -2.32. The van der Waals surface area contributed by atoms with Gasteiger partial charge in [-0.2, -0.15) is 0 Å². The Kier molecular flexibility index (Phi) is 6.05. The number of ether oxygens (including phenoxy) is 1. The topological polar surface area (TPSA) is 29.5 Å². The van der Waals surface area contributed by atoms with Crippen molar-refractivity contribution in [3.8, 4) is 0 Å². The number of likely N-dealkylation sites (tertiary alicyclic amines) is 1. The van der Waals surface area contributed by atoms with E-state index in [9.17, 15) is 4.79 Å². The van der Waals surface area contributed by atoms with Crippen LogP contribution in [0.25, 0.3) is 0 Å². The molecule has 3 nitrogen and oxygen atoms in total. The van der Waals surface area contributed by atoms with Gasteiger partial charge in [0.1, 0.15) is 0 Å². The Morgan fingerprint density at radius 2 is 1.88 bits per heavy atom. The van der Waals surface area contributed by atoms with Crippen LogP contribution in [0, 0.1) is 5.92 Å². The average molecular weight is 388 g/mol. The molecule has 4 heteroatoms.